The molecule has 3 aliphatic rings. The van der Waals surface area contributed by atoms with Crippen molar-refractivity contribution in [2.75, 3.05) is 39.3 Å². The lowest BCUT2D eigenvalue weighted by molar-refractivity contribution is -0.122. The third-order valence-electron chi connectivity index (χ3n) is 9.12. The number of fused-ring (bicyclic) bond motifs is 1. The number of halogens is 2. The van der Waals surface area contributed by atoms with Gasteiger partial charge in [0.15, 0.2) is 5.72 Å². The molecule has 1 aromatic heterocycles. The molecule has 3 heterocycles. The van der Waals surface area contributed by atoms with Gasteiger partial charge in [0.1, 0.15) is 17.2 Å². The third kappa shape index (κ3) is 5.48. The second-order valence-electron chi connectivity index (χ2n) is 12.2. The van der Waals surface area contributed by atoms with Gasteiger partial charge in [0.05, 0.1) is 35.8 Å². The van der Waals surface area contributed by atoms with E-state index in [-0.39, 0.29) is 24.3 Å². The molecule has 44 heavy (non-hydrogen) atoms. The number of aromatic nitrogens is 2. The molecule has 2 atom stereocenters. The number of aliphatic hydroxyl groups is 1. The van der Waals surface area contributed by atoms with Crippen LogP contribution in [-0.4, -0.2) is 70.1 Å². The number of nitriles is 1. The minimum atomic E-state index is -1.73. The summed E-state index contributed by atoms with van der Waals surface area (Å²) in [7, 11) is 0. The van der Waals surface area contributed by atoms with Gasteiger partial charge in [0.2, 0.25) is 0 Å². The number of hydrogen-bond acceptors (Lipinski definition) is 8. The van der Waals surface area contributed by atoms with Crippen molar-refractivity contribution in [3.63, 3.8) is 0 Å². The first-order valence-corrected chi connectivity index (χ1v) is 15.4. The van der Waals surface area contributed by atoms with Crippen molar-refractivity contribution in [3.8, 4) is 6.07 Å². The van der Waals surface area contributed by atoms with Crippen LogP contribution in [0.25, 0.3) is 0 Å². The van der Waals surface area contributed by atoms with E-state index in [4.69, 9.17) is 16.3 Å². The molecule has 1 unspecified atom stereocenters. The number of hydrogen-bond donors (Lipinski definition) is 2. The summed E-state index contributed by atoms with van der Waals surface area (Å²) >= 11 is 6.26. The molecule has 1 saturated carbocycles. The Bertz CT molecular complexity index is 1590. The molecule has 9 nitrogen and oxygen atoms in total. The topological polar surface area (TPSA) is 115 Å². The van der Waals surface area contributed by atoms with Crippen molar-refractivity contribution in [1.82, 2.24) is 25.1 Å². The van der Waals surface area contributed by atoms with Crippen LogP contribution in [0.3, 0.4) is 0 Å². The number of amides is 1. The largest absolute Gasteiger partial charge is 0.384 e. The van der Waals surface area contributed by atoms with Crippen LogP contribution >= 0.6 is 11.6 Å². The predicted molar refractivity (Wildman–Crippen MR) is 162 cm³/mol. The standard InChI is InChI=1S/C33H36ClFN6O3/c1-3-32(43,20-40-12-10-37-11-13-40)24-14-26-29(27(35)15-24)33(23-4-6-25(34)7-5-23,44-21-31(19-36)8-9-31)41(30(26)42)18-28-38-16-22(2)17-39-28/h4-7,14-17,37,43H,3,8-13,18,20-21H2,1-2H3/t32?,33-/m1/s1. The highest BCUT2D eigenvalue weighted by Crippen LogP contribution is 2.52. The summed E-state index contributed by atoms with van der Waals surface area (Å²) in [6.45, 7) is 7.06. The molecule has 1 amide bonds. The average Bonchev–Trinajstić information content (AvgIpc) is 3.78. The molecule has 230 valence electrons. The Balaban J connectivity index is 1.51. The van der Waals surface area contributed by atoms with Crippen molar-refractivity contribution < 1.29 is 19.0 Å². The first kappa shape index (κ1) is 30.6. The Labute approximate surface area is 261 Å². The molecule has 0 bridgehead atoms. The molecule has 11 heteroatoms. The number of rotatable bonds is 10. The number of carbonyl (C=O) groups excluding carboxylic acids is 1. The van der Waals surface area contributed by atoms with Crippen molar-refractivity contribution in [2.45, 2.75) is 51.0 Å². The van der Waals surface area contributed by atoms with Gasteiger partial charge in [0.25, 0.3) is 5.91 Å². The summed E-state index contributed by atoms with van der Waals surface area (Å²) in [5, 5.41) is 25.5. The predicted octanol–water partition coefficient (Wildman–Crippen LogP) is 4.26. The molecule has 1 aliphatic carbocycles. The van der Waals surface area contributed by atoms with Crippen molar-refractivity contribution in [3.05, 3.63) is 93.3 Å². The lowest BCUT2D eigenvalue weighted by atomic mass is 9.85. The lowest BCUT2D eigenvalue weighted by Crippen LogP contribution is -2.49. The first-order chi connectivity index (χ1) is 21.1. The molecule has 3 aromatic rings. The second kappa shape index (κ2) is 11.8. The molecular weight excluding hydrogens is 583 g/mol. The van der Waals surface area contributed by atoms with E-state index in [0.717, 1.165) is 31.7 Å². The zero-order valence-electron chi connectivity index (χ0n) is 24.9. The fourth-order valence-corrected chi connectivity index (χ4v) is 6.30. The normalized spacial score (nSPS) is 22.4. The van der Waals surface area contributed by atoms with Gasteiger partial charge in [-0.05, 0) is 61.6 Å². The molecule has 2 aliphatic heterocycles. The fourth-order valence-electron chi connectivity index (χ4n) is 6.17. The van der Waals surface area contributed by atoms with E-state index < -0.39 is 28.5 Å². The van der Waals surface area contributed by atoms with Gasteiger partial charge in [0, 0.05) is 55.7 Å². The average molecular weight is 619 g/mol. The molecule has 1 saturated heterocycles. The van der Waals surface area contributed by atoms with Crippen LogP contribution < -0.4 is 5.32 Å². The van der Waals surface area contributed by atoms with Crippen molar-refractivity contribution >= 4 is 17.5 Å². The van der Waals surface area contributed by atoms with Crippen molar-refractivity contribution in [2.24, 2.45) is 5.41 Å². The van der Waals surface area contributed by atoms with Crippen LogP contribution in [0.4, 0.5) is 4.39 Å². The van der Waals surface area contributed by atoms with Crippen LogP contribution in [0.2, 0.25) is 5.02 Å². The number of ether oxygens (including phenoxy) is 1. The van der Waals surface area contributed by atoms with Gasteiger partial charge in [-0.1, -0.05) is 30.7 Å². The van der Waals surface area contributed by atoms with E-state index in [1.165, 1.54) is 11.0 Å². The van der Waals surface area contributed by atoms with Gasteiger partial charge in [-0.25, -0.2) is 14.4 Å². The van der Waals surface area contributed by atoms with Crippen LogP contribution in [0, 0.1) is 29.5 Å². The SMILES string of the molecule is CCC(O)(CN1CCNCC1)c1cc(F)c2c(c1)C(=O)N(Cc1ncc(C)cn1)[C@@]2(OCC1(C#N)CC1)c1ccc(Cl)cc1. The monoisotopic (exact) mass is 618 g/mol. The quantitative estimate of drug-likeness (QED) is 0.347. The van der Waals surface area contributed by atoms with E-state index in [1.807, 2.05) is 13.8 Å². The third-order valence-corrected chi connectivity index (χ3v) is 9.37. The second-order valence-corrected chi connectivity index (χ2v) is 12.6. The van der Waals surface area contributed by atoms with Gasteiger partial charge < -0.3 is 15.2 Å². The summed E-state index contributed by atoms with van der Waals surface area (Å²) < 4.78 is 23.5. The van der Waals surface area contributed by atoms with Gasteiger partial charge >= 0.3 is 0 Å². The zero-order valence-corrected chi connectivity index (χ0v) is 25.7. The molecule has 6 rings (SSSR count). The Hall–Kier alpha value is -3.46. The van der Waals surface area contributed by atoms with Crippen LogP contribution in [-0.2, 0) is 22.6 Å². The van der Waals surface area contributed by atoms with E-state index >= 15 is 4.39 Å². The molecule has 0 spiro atoms. The highest BCUT2D eigenvalue weighted by Gasteiger charge is 2.57. The summed E-state index contributed by atoms with van der Waals surface area (Å²) in [5.74, 6) is -0.811. The smallest absolute Gasteiger partial charge is 0.257 e. The molecule has 2 fully saturated rings. The number of aryl methyl sites for hydroxylation is 1. The molecule has 2 N–H and O–H groups in total. The number of nitrogens with zero attached hydrogens (tertiary/aromatic N) is 5. The Morgan fingerprint density at radius 2 is 1.86 bits per heavy atom. The van der Waals surface area contributed by atoms with Gasteiger partial charge in [-0.15, -0.1) is 0 Å². The highest BCUT2D eigenvalue weighted by atomic mass is 35.5. The summed E-state index contributed by atoms with van der Waals surface area (Å²) in [5.41, 5.74) is -2.03. The van der Waals surface area contributed by atoms with E-state index in [0.29, 0.717) is 47.8 Å². The minimum absolute atomic E-state index is 0.00676. The van der Waals surface area contributed by atoms with Gasteiger partial charge in [-0.2, -0.15) is 5.26 Å². The van der Waals surface area contributed by atoms with E-state index in [9.17, 15) is 15.2 Å². The van der Waals surface area contributed by atoms with E-state index in [1.54, 1.807) is 42.7 Å². The first-order valence-electron chi connectivity index (χ1n) is 15.0. The maximum Gasteiger partial charge on any atom is 0.257 e. The number of nitrogens with one attached hydrogen (secondary N) is 1. The summed E-state index contributed by atoms with van der Waals surface area (Å²) in [6.07, 6.45) is 4.95. The van der Waals surface area contributed by atoms with Crippen LogP contribution in [0.5, 0.6) is 0 Å². The van der Waals surface area contributed by atoms with Gasteiger partial charge in [-0.3, -0.25) is 14.6 Å². The Kier molecular flexibility index (Phi) is 8.20. The summed E-state index contributed by atoms with van der Waals surface area (Å²) in [4.78, 5) is 26.9. The summed E-state index contributed by atoms with van der Waals surface area (Å²) in [6, 6.07) is 12.0. The number of piperazine rings is 1. The number of β-amino-alcohol motifs (C(OH)–C–C–N with tert-alkyl or cyclic N) is 1. The van der Waals surface area contributed by atoms with Crippen LogP contribution in [0.15, 0.2) is 48.8 Å². The lowest BCUT2D eigenvalue weighted by Gasteiger charge is -2.40. The Morgan fingerprint density at radius 1 is 1.18 bits per heavy atom. The van der Waals surface area contributed by atoms with Crippen LogP contribution in [0.1, 0.15) is 64.6 Å². The number of carbonyl (C=O) groups is 1. The maximum atomic E-state index is 16.8. The maximum absolute atomic E-state index is 16.8. The van der Waals surface area contributed by atoms with Crippen molar-refractivity contribution in [1.29, 1.82) is 5.26 Å². The molecule has 2 aromatic carbocycles. The van der Waals surface area contributed by atoms with E-state index in [2.05, 4.69) is 26.3 Å². The number of benzene rings is 2. The minimum Gasteiger partial charge on any atom is -0.384 e. The fraction of sp³-hybridized carbons (Fsp3) is 0.455. The zero-order chi connectivity index (χ0) is 31.1. The Morgan fingerprint density at radius 3 is 2.48 bits per heavy atom. The highest BCUT2D eigenvalue weighted by molar-refractivity contribution is 6.30. The molecule has 0 radical (unpaired) electrons. The molecular formula is C33H36ClFN6O3.